The second kappa shape index (κ2) is 8.56. The third-order valence-corrected chi connectivity index (χ3v) is 4.49. The van der Waals surface area contributed by atoms with Gasteiger partial charge in [-0.3, -0.25) is 9.59 Å². The predicted molar refractivity (Wildman–Crippen MR) is 98.2 cm³/mol. The summed E-state index contributed by atoms with van der Waals surface area (Å²) < 4.78 is 10.8. The Bertz CT molecular complexity index is 734. The van der Waals surface area contributed by atoms with Gasteiger partial charge in [0.05, 0.1) is 18.6 Å². The van der Waals surface area contributed by atoms with Crippen LogP contribution in [-0.4, -0.2) is 36.4 Å². The van der Waals surface area contributed by atoms with Crippen molar-refractivity contribution in [3.8, 4) is 5.75 Å². The number of anilines is 1. The Hall–Kier alpha value is -2.76. The zero-order valence-electron chi connectivity index (χ0n) is 14.9. The van der Waals surface area contributed by atoms with E-state index in [2.05, 4.69) is 5.32 Å². The van der Waals surface area contributed by atoms with Gasteiger partial charge < -0.3 is 19.4 Å². The summed E-state index contributed by atoms with van der Waals surface area (Å²) in [6.45, 7) is 3.75. The number of hydrogen-bond acceptors (Lipinski definition) is 4. The SMILES string of the molecule is CCCOc1ccccc1NC(=O)C1CCN(C(=O)c2ccco2)CC1. The summed E-state index contributed by atoms with van der Waals surface area (Å²) in [4.78, 5) is 26.6. The highest BCUT2D eigenvalue weighted by molar-refractivity contribution is 5.95. The molecule has 26 heavy (non-hydrogen) atoms. The van der Waals surface area contributed by atoms with Crippen LogP contribution in [0.2, 0.25) is 0 Å². The van der Waals surface area contributed by atoms with Gasteiger partial charge in [-0.1, -0.05) is 19.1 Å². The number of ether oxygens (including phenoxy) is 1. The van der Waals surface area contributed by atoms with Crippen molar-refractivity contribution in [3.05, 3.63) is 48.4 Å². The number of likely N-dealkylation sites (tertiary alicyclic amines) is 1. The Balaban J connectivity index is 1.55. The fourth-order valence-electron chi connectivity index (χ4n) is 3.04. The van der Waals surface area contributed by atoms with Crippen molar-refractivity contribution in [2.75, 3.05) is 25.0 Å². The first kappa shape index (κ1) is 18.0. The standard InChI is InChI=1S/C20H24N2O4/c1-2-13-25-17-7-4-3-6-16(17)21-19(23)15-9-11-22(12-10-15)20(24)18-8-5-14-26-18/h3-8,14-15H,2,9-13H2,1H3,(H,21,23). The fourth-order valence-corrected chi connectivity index (χ4v) is 3.04. The number of carbonyl (C=O) groups is 2. The average molecular weight is 356 g/mol. The minimum absolute atomic E-state index is 0.0253. The largest absolute Gasteiger partial charge is 0.491 e. The molecule has 0 atom stereocenters. The minimum atomic E-state index is -0.118. The summed E-state index contributed by atoms with van der Waals surface area (Å²) in [5.74, 6) is 0.771. The van der Waals surface area contributed by atoms with Crippen molar-refractivity contribution >= 4 is 17.5 Å². The van der Waals surface area contributed by atoms with Crippen LogP contribution in [0, 0.1) is 5.92 Å². The quantitative estimate of drug-likeness (QED) is 0.859. The molecule has 0 aliphatic carbocycles. The van der Waals surface area contributed by atoms with Gasteiger partial charge in [0.1, 0.15) is 5.75 Å². The third-order valence-electron chi connectivity index (χ3n) is 4.49. The summed E-state index contributed by atoms with van der Waals surface area (Å²) in [5, 5.41) is 2.97. The normalized spacial score (nSPS) is 14.9. The Morgan fingerprint density at radius 3 is 2.65 bits per heavy atom. The van der Waals surface area contributed by atoms with Crippen LogP contribution in [0.3, 0.4) is 0 Å². The van der Waals surface area contributed by atoms with Gasteiger partial charge in [0.15, 0.2) is 5.76 Å². The monoisotopic (exact) mass is 356 g/mol. The molecule has 3 rings (SSSR count). The summed E-state index contributed by atoms with van der Waals surface area (Å²) in [6.07, 6.45) is 3.67. The van der Waals surface area contributed by atoms with Crippen LogP contribution in [0.15, 0.2) is 47.1 Å². The first-order chi connectivity index (χ1) is 12.7. The number of piperidine rings is 1. The molecule has 0 bridgehead atoms. The summed E-state index contributed by atoms with van der Waals surface area (Å²) >= 11 is 0. The fraction of sp³-hybridized carbons (Fsp3) is 0.400. The van der Waals surface area contributed by atoms with Gasteiger partial charge in [0, 0.05) is 19.0 Å². The molecule has 1 aliphatic heterocycles. The van der Waals surface area contributed by atoms with Crippen LogP contribution in [0.1, 0.15) is 36.7 Å². The molecule has 2 amide bonds. The molecule has 0 unspecified atom stereocenters. The number of benzene rings is 1. The van der Waals surface area contributed by atoms with E-state index in [0.29, 0.717) is 49.7 Å². The van der Waals surface area contributed by atoms with Gasteiger partial charge in [0.2, 0.25) is 5.91 Å². The maximum atomic E-state index is 12.6. The van der Waals surface area contributed by atoms with E-state index >= 15 is 0 Å². The lowest BCUT2D eigenvalue weighted by Crippen LogP contribution is -2.41. The van der Waals surface area contributed by atoms with Gasteiger partial charge in [0.25, 0.3) is 5.91 Å². The summed E-state index contributed by atoms with van der Waals surface area (Å²) in [5.41, 5.74) is 0.694. The van der Waals surface area contributed by atoms with Crippen LogP contribution in [0.5, 0.6) is 5.75 Å². The molecule has 6 nitrogen and oxygen atoms in total. The Morgan fingerprint density at radius 2 is 1.96 bits per heavy atom. The van der Waals surface area contributed by atoms with Crippen molar-refractivity contribution in [2.24, 2.45) is 5.92 Å². The van der Waals surface area contributed by atoms with Gasteiger partial charge in [-0.05, 0) is 43.5 Å². The molecule has 1 N–H and O–H groups in total. The van der Waals surface area contributed by atoms with E-state index in [1.165, 1.54) is 6.26 Å². The first-order valence-corrected chi connectivity index (χ1v) is 9.04. The van der Waals surface area contributed by atoms with E-state index in [9.17, 15) is 9.59 Å². The van der Waals surface area contributed by atoms with E-state index in [0.717, 1.165) is 6.42 Å². The van der Waals surface area contributed by atoms with Crippen molar-refractivity contribution < 1.29 is 18.7 Å². The van der Waals surface area contributed by atoms with Crippen molar-refractivity contribution in [1.29, 1.82) is 0 Å². The molecular formula is C20H24N2O4. The second-order valence-electron chi connectivity index (χ2n) is 6.38. The molecule has 6 heteroatoms. The summed E-state index contributed by atoms with van der Waals surface area (Å²) in [7, 11) is 0. The van der Waals surface area contributed by atoms with E-state index in [4.69, 9.17) is 9.15 Å². The lowest BCUT2D eigenvalue weighted by atomic mass is 9.95. The molecule has 1 aromatic carbocycles. The molecular weight excluding hydrogens is 332 g/mol. The topological polar surface area (TPSA) is 71.8 Å². The molecule has 0 saturated carbocycles. The molecule has 1 saturated heterocycles. The Kier molecular flexibility index (Phi) is 5.94. The molecule has 2 heterocycles. The molecule has 0 spiro atoms. The predicted octanol–water partition coefficient (Wildman–Crippen LogP) is 3.56. The number of hydrogen-bond donors (Lipinski definition) is 1. The number of para-hydroxylation sites is 2. The number of rotatable bonds is 6. The molecule has 138 valence electrons. The van der Waals surface area contributed by atoms with Crippen LogP contribution >= 0.6 is 0 Å². The number of nitrogens with zero attached hydrogens (tertiary/aromatic N) is 1. The maximum Gasteiger partial charge on any atom is 0.289 e. The van der Waals surface area contributed by atoms with E-state index in [1.807, 2.05) is 31.2 Å². The molecule has 1 aromatic heterocycles. The van der Waals surface area contributed by atoms with Crippen LogP contribution in [0.25, 0.3) is 0 Å². The molecule has 1 fully saturated rings. The first-order valence-electron chi connectivity index (χ1n) is 9.04. The zero-order valence-corrected chi connectivity index (χ0v) is 14.9. The van der Waals surface area contributed by atoms with Gasteiger partial charge >= 0.3 is 0 Å². The lowest BCUT2D eigenvalue weighted by molar-refractivity contribution is -0.121. The zero-order chi connectivity index (χ0) is 18.4. The highest BCUT2D eigenvalue weighted by Gasteiger charge is 2.29. The van der Waals surface area contributed by atoms with Crippen molar-refractivity contribution in [1.82, 2.24) is 4.90 Å². The smallest absolute Gasteiger partial charge is 0.289 e. The van der Waals surface area contributed by atoms with E-state index in [-0.39, 0.29) is 17.7 Å². The number of carbonyl (C=O) groups excluding carboxylic acids is 2. The van der Waals surface area contributed by atoms with E-state index < -0.39 is 0 Å². The summed E-state index contributed by atoms with van der Waals surface area (Å²) in [6, 6.07) is 10.8. The van der Waals surface area contributed by atoms with Crippen molar-refractivity contribution in [3.63, 3.8) is 0 Å². The molecule has 2 aromatic rings. The number of furan rings is 1. The van der Waals surface area contributed by atoms with Crippen LogP contribution in [-0.2, 0) is 4.79 Å². The van der Waals surface area contributed by atoms with E-state index in [1.54, 1.807) is 17.0 Å². The minimum Gasteiger partial charge on any atom is -0.491 e. The van der Waals surface area contributed by atoms with Gasteiger partial charge in [-0.25, -0.2) is 0 Å². The highest BCUT2D eigenvalue weighted by atomic mass is 16.5. The number of nitrogens with one attached hydrogen (secondary N) is 1. The number of amides is 2. The molecule has 0 radical (unpaired) electrons. The van der Waals surface area contributed by atoms with Crippen LogP contribution in [0.4, 0.5) is 5.69 Å². The van der Waals surface area contributed by atoms with Gasteiger partial charge in [-0.15, -0.1) is 0 Å². The highest BCUT2D eigenvalue weighted by Crippen LogP contribution is 2.26. The van der Waals surface area contributed by atoms with Gasteiger partial charge in [-0.2, -0.15) is 0 Å². The average Bonchev–Trinajstić information content (AvgIpc) is 3.21. The molecule has 1 aliphatic rings. The Labute approximate surface area is 153 Å². The second-order valence-corrected chi connectivity index (χ2v) is 6.38. The third kappa shape index (κ3) is 4.25. The van der Waals surface area contributed by atoms with Crippen LogP contribution < -0.4 is 10.1 Å². The lowest BCUT2D eigenvalue weighted by Gasteiger charge is -2.30. The van der Waals surface area contributed by atoms with Crippen molar-refractivity contribution in [2.45, 2.75) is 26.2 Å². The maximum absolute atomic E-state index is 12.6. The Morgan fingerprint density at radius 1 is 1.19 bits per heavy atom.